The molecule has 2 aromatic rings. The molecule has 1 unspecified atom stereocenters. The zero-order valence-corrected chi connectivity index (χ0v) is 20.0. The second-order valence-corrected chi connectivity index (χ2v) is 8.97. The smallest absolute Gasteiger partial charge is 0.269 e. The molecule has 0 radical (unpaired) electrons. The second kappa shape index (κ2) is 10.7. The number of methoxy groups -OCH3 is 1. The number of carbonyl (C=O) groups is 1. The average molecular weight is 480 g/mol. The van der Waals surface area contributed by atoms with Gasteiger partial charge in [-0.3, -0.25) is 14.9 Å². The first kappa shape index (κ1) is 24.4. The SMILES string of the molecule is COCCC(=O)N1CCN(c2nc(C3CC3)c(OCc3cccc([N+](=O)[O-])c3)cc2C#N)CC1C. The van der Waals surface area contributed by atoms with E-state index in [-0.39, 0.29) is 30.2 Å². The molecule has 35 heavy (non-hydrogen) atoms. The molecule has 1 atom stereocenters. The number of non-ortho nitro benzene ring substituents is 1. The maximum absolute atomic E-state index is 12.5. The number of aromatic nitrogens is 1. The lowest BCUT2D eigenvalue weighted by atomic mass is 10.1. The molecule has 10 nitrogen and oxygen atoms in total. The Morgan fingerprint density at radius 2 is 2.11 bits per heavy atom. The third-order valence-electron chi connectivity index (χ3n) is 6.36. The maximum Gasteiger partial charge on any atom is 0.269 e. The average Bonchev–Trinajstić information content (AvgIpc) is 3.71. The number of nitriles is 1. The van der Waals surface area contributed by atoms with E-state index in [4.69, 9.17) is 14.5 Å². The molecule has 10 heteroatoms. The summed E-state index contributed by atoms with van der Waals surface area (Å²) in [5.41, 5.74) is 1.91. The van der Waals surface area contributed by atoms with Crippen LogP contribution in [0.25, 0.3) is 0 Å². The van der Waals surface area contributed by atoms with Gasteiger partial charge in [-0.25, -0.2) is 4.98 Å². The van der Waals surface area contributed by atoms with Crippen molar-refractivity contribution in [3.05, 3.63) is 57.3 Å². The van der Waals surface area contributed by atoms with Gasteiger partial charge in [0.25, 0.3) is 5.69 Å². The third-order valence-corrected chi connectivity index (χ3v) is 6.36. The van der Waals surface area contributed by atoms with Crippen molar-refractivity contribution in [3.63, 3.8) is 0 Å². The molecule has 1 aliphatic heterocycles. The molecular weight excluding hydrogens is 450 g/mol. The fourth-order valence-corrected chi connectivity index (χ4v) is 4.36. The highest BCUT2D eigenvalue weighted by molar-refractivity contribution is 5.77. The molecular formula is C25H29N5O5. The van der Waals surface area contributed by atoms with Crippen molar-refractivity contribution in [1.29, 1.82) is 5.26 Å². The number of anilines is 1. The highest BCUT2D eigenvalue weighted by atomic mass is 16.6. The van der Waals surface area contributed by atoms with E-state index >= 15 is 0 Å². The number of pyridine rings is 1. The van der Waals surface area contributed by atoms with Gasteiger partial charge in [0, 0.05) is 56.9 Å². The first-order valence-corrected chi connectivity index (χ1v) is 11.8. The first-order chi connectivity index (χ1) is 16.9. The van der Waals surface area contributed by atoms with E-state index in [9.17, 15) is 20.2 Å². The summed E-state index contributed by atoms with van der Waals surface area (Å²) in [6, 6.07) is 10.3. The highest BCUT2D eigenvalue weighted by Gasteiger charge is 2.33. The monoisotopic (exact) mass is 479 g/mol. The van der Waals surface area contributed by atoms with Crippen molar-refractivity contribution in [3.8, 4) is 11.8 Å². The second-order valence-electron chi connectivity index (χ2n) is 8.97. The number of carbonyl (C=O) groups excluding carboxylic acids is 1. The standard InChI is InChI=1S/C25H29N5O5/c1-17-15-28(9-10-29(17)23(31)8-11-34-2)25-20(14-26)13-22(24(27-25)19-6-7-19)35-16-18-4-3-5-21(12-18)30(32)33/h3-5,12-13,17,19H,6-11,15-16H2,1-2H3. The molecule has 1 amide bonds. The van der Waals surface area contributed by atoms with Gasteiger partial charge in [0.2, 0.25) is 5.91 Å². The number of rotatable bonds is 9. The van der Waals surface area contributed by atoms with Crippen molar-refractivity contribution >= 4 is 17.4 Å². The van der Waals surface area contributed by atoms with Crippen molar-refractivity contribution in [2.24, 2.45) is 0 Å². The number of amides is 1. The van der Waals surface area contributed by atoms with Crippen molar-refractivity contribution in [2.45, 2.75) is 44.8 Å². The minimum atomic E-state index is -0.435. The Morgan fingerprint density at radius 3 is 2.77 bits per heavy atom. The molecule has 0 bridgehead atoms. The summed E-state index contributed by atoms with van der Waals surface area (Å²) in [7, 11) is 1.58. The van der Waals surface area contributed by atoms with Crippen molar-refractivity contribution in [1.82, 2.24) is 9.88 Å². The minimum absolute atomic E-state index is 0.00803. The Bertz CT molecular complexity index is 1140. The van der Waals surface area contributed by atoms with E-state index in [2.05, 4.69) is 11.0 Å². The largest absolute Gasteiger partial charge is 0.487 e. The molecule has 1 saturated heterocycles. The van der Waals surface area contributed by atoms with Gasteiger partial charge in [-0.1, -0.05) is 12.1 Å². The van der Waals surface area contributed by atoms with E-state index in [1.807, 2.05) is 11.8 Å². The van der Waals surface area contributed by atoms with Gasteiger partial charge in [0.05, 0.1) is 29.2 Å². The maximum atomic E-state index is 12.5. The summed E-state index contributed by atoms with van der Waals surface area (Å²) in [6.07, 6.45) is 2.36. The summed E-state index contributed by atoms with van der Waals surface area (Å²) >= 11 is 0. The summed E-state index contributed by atoms with van der Waals surface area (Å²) in [4.78, 5) is 31.9. The van der Waals surface area contributed by atoms with Crippen LogP contribution in [0.3, 0.4) is 0 Å². The van der Waals surface area contributed by atoms with Crippen LogP contribution in [-0.2, 0) is 16.1 Å². The molecule has 0 spiro atoms. The van der Waals surface area contributed by atoms with Gasteiger partial charge in [0.15, 0.2) is 0 Å². The molecule has 0 N–H and O–H groups in total. The lowest BCUT2D eigenvalue weighted by Crippen LogP contribution is -2.54. The first-order valence-electron chi connectivity index (χ1n) is 11.8. The predicted molar refractivity (Wildman–Crippen MR) is 128 cm³/mol. The van der Waals surface area contributed by atoms with Gasteiger partial charge < -0.3 is 19.3 Å². The molecule has 2 heterocycles. The van der Waals surface area contributed by atoms with E-state index in [1.54, 1.807) is 25.3 Å². The molecule has 2 fully saturated rings. The van der Waals surface area contributed by atoms with Crippen molar-refractivity contribution < 1.29 is 19.2 Å². The number of ether oxygens (including phenoxy) is 2. The number of nitro benzene ring substituents is 1. The Kier molecular flexibility index (Phi) is 7.46. The quantitative estimate of drug-likeness (QED) is 0.396. The highest BCUT2D eigenvalue weighted by Crippen LogP contribution is 2.45. The van der Waals surface area contributed by atoms with Crippen LogP contribution in [0.15, 0.2) is 30.3 Å². The van der Waals surface area contributed by atoms with Crippen LogP contribution in [0.2, 0.25) is 0 Å². The molecule has 2 aliphatic rings. The summed E-state index contributed by atoms with van der Waals surface area (Å²) in [5.74, 6) is 1.50. The third kappa shape index (κ3) is 5.69. The number of hydrogen-bond acceptors (Lipinski definition) is 8. The lowest BCUT2D eigenvalue weighted by molar-refractivity contribution is -0.384. The predicted octanol–water partition coefficient (Wildman–Crippen LogP) is 3.39. The fraction of sp³-hybridized carbons (Fsp3) is 0.480. The van der Waals surface area contributed by atoms with Crippen LogP contribution in [0, 0.1) is 21.4 Å². The summed E-state index contributed by atoms with van der Waals surface area (Å²) in [5, 5.41) is 20.9. The van der Waals surface area contributed by atoms with E-state index in [0.717, 1.165) is 18.5 Å². The number of hydrogen-bond donors (Lipinski definition) is 0. The van der Waals surface area contributed by atoms with Gasteiger partial charge in [-0.15, -0.1) is 0 Å². The zero-order chi connectivity index (χ0) is 24.9. The molecule has 1 aliphatic carbocycles. The molecule has 1 saturated carbocycles. The fourth-order valence-electron chi connectivity index (χ4n) is 4.36. The number of piperazine rings is 1. The Balaban J connectivity index is 1.53. The number of benzene rings is 1. The van der Waals surface area contributed by atoms with Crippen LogP contribution in [-0.4, -0.2) is 60.1 Å². The Labute approximate surface area is 204 Å². The van der Waals surface area contributed by atoms with Gasteiger partial charge in [-0.2, -0.15) is 5.26 Å². The number of nitro groups is 1. The van der Waals surface area contributed by atoms with Crippen molar-refractivity contribution in [2.75, 3.05) is 38.3 Å². The topological polar surface area (TPSA) is 122 Å². The molecule has 1 aromatic heterocycles. The van der Waals surface area contributed by atoms with Crippen LogP contribution in [0.4, 0.5) is 11.5 Å². The molecule has 184 valence electrons. The van der Waals surface area contributed by atoms with Crippen LogP contribution >= 0.6 is 0 Å². The van der Waals surface area contributed by atoms with Gasteiger partial charge in [-0.05, 0) is 25.3 Å². The van der Waals surface area contributed by atoms with E-state index < -0.39 is 4.92 Å². The molecule has 1 aromatic carbocycles. The Hall–Kier alpha value is -3.71. The van der Waals surface area contributed by atoms with Gasteiger partial charge >= 0.3 is 0 Å². The lowest BCUT2D eigenvalue weighted by Gasteiger charge is -2.40. The number of nitrogens with zero attached hydrogens (tertiary/aromatic N) is 5. The zero-order valence-electron chi connectivity index (χ0n) is 20.0. The van der Waals surface area contributed by atoms with Crippen LogP contribution < -0.4 is 9.64 Å². The Morgan fingerprint density at radius 1 is 1.31 bits per heavy atom. The summed E-state index contributed by atoms with van der Waals surface area (Å²) in [6.45, 7) is 4.27. The normalized spacial score (nSPS) is 17.7. The van der Waals surface area contributed by atoms with Crippen LogP contribution in [0.5, 0.6) is 5.75 Å². The minimum Gasteiger partial charge on any atom is -0.487 e. The van der Waals surface area contributed by atoms with E-state index in [0.29, 0.717) is 55.4 Å². The van der Waals surface area contributed by atoms with Gasteiger partial charge in [0.1, 0.15) is 24.2 Å². The summed E-state index contributed by atoms with van der Waals surface area (Å²) < 4.78 is 11.1. The van der Waals surface area contributed by atoms with Crippen LogP contribution in [0.1, 0.15) is 48.9 Å². The van der Waals surface area contributed by atoms with E-state index in [1.165, 1.54) is 12.1 Å². The molecule has 4 rings (SSSR count).